The molecule has 14 heavy (non-hydrogen) atoms. The molecule has 0 spiro atoms. The SMILES string of the molecule is CCn1nnc(-c2ccccc2N)n1. The fourth-order valence-corrected chi connectivity index (χ4v) is 1.19. The summed E-state index contributed by atoms with van der Waals surface area (Å²) in [5, 5.41) is 12.0. The number of nitrogens with two attached hydrogens (primary N) is 1. The normalized spacial score (nSPS) is 10.4. The first kappa shape index (κ1) is 8.68. The van der Waals surface area contributed by atoms with Crippen molar-refractivity contribution in [2.75, 3.05) is 5.73 Å². The Labute approximate surface area is 81.5 Å². The van der Waals surface area contributed by atoms with E-state index in [2.05, 4.69) is 15.4 Å². The number of aromatic nitrogens is 4. The zero-order valence-electron chi connectivity index (χ0n) is 7.88. The molecule has 2 rings (SSSR count). The summed E-state index contributed by atoms with van der Waals surface area (Å²) < 4.78 is 0. The Hall–Kier alpha value is -1.91. The van der Waals surface area contributed by atoms with Gasteiger partial charge in [0.2, 0.25) is 5.82 Å². The van der Waals surface area contributed by atoms with Gasteiger partial charge < -0.3 is 5.73 Å². The molecule has 0 saturated heterocycles. The van der Waals surface area contributed by atoms with Crippen molar-refractivity contribution in [3.05, 3.63) is 24.3 Å². The molecule has 5 heteroatoms. The van der Waals surface area contributed by atoms with Crippen LogP contribution in [0.2, 0.25) is 0 Å². The van der Waals surface area contributed by atoms with Gasteiger partial charge in [-0.1, -0.05) is 12.1 Å². The third-order valence-electron chi connectivity index (χ3n) is 1.94. The molecule has 0 aliphatic rings. The van der Waals surface area contributed by atoms with Crippen LogP contribution < -0.4 is 5.73 Å². The van der Waals surface area contributed by atoms with Gasteiger partial charge in [-0.05, 0) is 24.3 Å². The largest absolute Gasteiger partial charge is 0.398 e. The highest BCUT2D eigenvalue weighted by Gasteiger charge is 2.07. The molecule has 0 amide bonds. The number of nitrogen functional groups attached to an aromatic ring is 1. The predicted octanol–water partition coefficient (Wildman–Crippen LogP) is 0.942. The molecule has 0 radical (unpaired) electrons. The molecule has 2 N–H and O–H groups in total. The van der Waals surface area contributed by atoms with Gasteiger partial charge in [0.1, 0.15) is 0 Å². The van der Waals surface area contributed by atoms with Crippen LogP contribution in [0.3, 0.4) is 0 Å². The molecule has 1 aromatic heterocycles. The van der Waals surface area contributed by atoms with Crippen LogP contribution in [0.4, 0.5) is 5.69 Å². The van der Waals surface area contributed by atoms with E-state index in [9.17, 15) is 0 Å². The van der Waals surface area contributed by atoms with Crippen LogP contribution >= 0.6 is 0 Å². The summed E-state index contributed by atoms with van der Waals surface area (Å²) in [4.78, 5) is 1.53. The minimum Gasteiger partial charge on any atom is -0.398 e. The lowest BCUT2D eigenvalue weighted by Gasteiger charge is -1.98. The summed E-state index contributed by atoms with van der Waals surface area (Å²) in [6.07, 6.45) is 0. The topological polar surface area (TPSA) is 69.6 Å². The number of rotatable bonds is 2. The Morgan fingerprint density at radius 1 is 1.36 bits per heavy atom. The van der Waals surface area contributed by atoms with Gasteiger partial charge in [0.15, 0.2) is 0 Å². The predicted molar refractivity (Wildman–Crippen MR) is 53.3 cm³/mol. The molecule has 0 bridgehead atoms. The van der Waals surface area contributed by atoms with E-state index in [0.29, 0.717) is 18.1 Å². The fraction of sp³-hybridized carbons (Fsp3) is 0.222. The van der Waals surface area contributed by atoms with E-state index in [4.69, 9.17) is 5.73 Å². The minimum absolute atomic E-state index is 0.574. The molecule has 5 nitrogen and oxygen atoms in total. The molecule has 1 aromatic carbocycles. The lowest BCUT2D eigenvalue weighted by atomic mass is 10.2. The van der Waals surface area contributed by atoms with Crippen molar-refractivity contribution < 1.29 is 0 Å². The van der Waals surface area contributed by atoms with E-state index in [0.717, 1.165) is 5.56 Å². The maximum atomic E-state index is 5.79. The first-order chi connectivity index (χ1) is 6.81. The first-order valence-corrected chi connectivity index (χ1v) is 4.44. The number of benzene rings is 1. The van der Waals surface area contributed by atoms with Crippen molar-refractivity contribution in [2.24, 2.45) is 0 Å². The Morgan fingerprint density at radius 3 is 2.79 bits per heavy atom. The first-order valence-electron chi connectivity index (χ1n) is 4.44. The summed E-state index contributed by atoms with van der Waals surface area (Å²) in [5.41, 5.74) is 7.28. The van der Waals surface area contributed by atoms with E-state index in [-0.39, 0.29) is 0 Å². The second-order valence-corrected chi connectivity index (χ2v) is 2.89. The van der Waals surface area contributed by atoms with Crippen molar-refractivity contribution in [3.63, 3.8) is 0 Å². The quantitative estimate of drug-likeness (QED) is 0.714. The highest BCUT2D eigenvalue weighted by Crippen LogP contribution is 2.20. The van der Waals surface area contributed by atoms with E-state index in [1.807, 2.05) is 31.2 Å². The third kappa shape index (κ3) is 1.44. The highest BCUT2D eigenvalue weighted by atomic mass is 15.6. The van der Waals surface area contributed by atoms with E-state index < -0.39 is 0 Å². The summed E-state index contributed by atoms with van der Waals surface area (Å²) in [6.45, 7) is 2.67. The van der Waals surface area contributed by atoms with Gasteiger partial charge in [0.25, 0.3) is 0 Å². The lowest BCUT2D eigenvalue weighted by molar-refractivity contribution is 0.553. The molecule has 0 atom stereocenters. The lowest BCUT2D eigenvalue weighted by Crippen LogP contribution is -1.98. The molecule has 1 heterocycles. The number of nitrogens with zero attached hydrogens (tertiary/aromatic N) is 4. The monoisotopic (exact) mass is 189 g/mol. The average molecular weight is 189 g/mol. The van der Waals surface area contributed by atoms with E-state index in [1.165, 1.54) is 4.80 Å². The number of hydrogen-bond donors (Lipinski definition) is 1. The summed E-state index contributed by atoms with van der Waals surface area (Å²) in [7, 11) is 0. The Bertz CT molecular complexity index is 434. The number of para-hydroxylation sites is 1. The maximum absolute atomic E-state index is 5.79. The molecular formula is C9H11N5. The molecule has 0 aliphatic carbocycles. The van der Waals surface area contributed by atoms with Crippen molar-refractivity contribution >= 4 is 5.69 Å². The van der Waals surface area contributed by atoms with Crippen molar-refractivity contribution in [2.45, 2.75) is 13.5 Å². The molecule has 0 saturated carbocycles. The Morgan fingerprint density at radius 2 is 2.14 bits per heavy atom. The van der Waals surface area contributed by atoms with Crippen LogP contribution in [-0.2, 0) is 6.54 Å². The van der Waals surface area contributed by atoms with Crippen molar-refractivity contribution in [1.29, 1.82) is 0 Å². The summed E-state index contributed by atoms with van der Waals surface area (Å²) in [5.74, 6) is 0.574. The van der Waals surface area contributed by atoms with Gasteiger partial charge in [-0.3, -0.25) is 0 Å². The average Bonchev–Trinajstić information content (AvgIpc) is 2.67. The van der Waals surface area contributed by atoms with Crippen LogP contribution in [0.25, 0.3) is 11.4 Å². The van der Waals surface area contributed by atoms with Gasteiger partial charge in [-0.25, -0.2) is 0 Å². The smallest absolute Gasteiger partial charge is 0.206 e. The highest BCUT2D eigenvalue weighted by molar-refractivity contribution is 5.70. The number of tetrazole rings is 1. The van der Waals surface area contributed by atoms with E-state index in [1.54, 1.807) is 0 Å². The van der Waals surface area contributed by atoms with Gasteiger partial charge in [0, 0.05) is 11.3 Å². The van der Waals surface area contributed by atoms with Crippen molar-refractivity contribution in [3.8, 4) is 11.4 Å². The minimum atomic E-state index is 0.574. The summed E-state index contributed by atoms with van der Waals surface area (Å²) >= 11 is 0. The molecule has 0 fully saturated rings. The standard InChI is InChI=1S/C9H11N5/c1-2-14-12-9(11-13-14)7-5-3-4-6-8(7)10/h3-6H,2,10H2,1H3. The third-order valence-corrected chi connectivity index (χ3v) is 1.94. The van der Waals surface area contributed by atoms with Crippen LogP contribution in [0.5, 0.6) is 0 Å². The fourth-order valence-electron chi connectivity index (χ4n) is 1.19. The maximum Gasteiger partial charge on any atom is 0.206 e. The van der Waals surface area contributed by atoms with Crippen LogP contribution in [-0.4, -0.2) is 20.2 Å². The number of anilines is 1. The van der Waals surface area contributed by atoms with Crippen LogP contribution in [0.15, 0.2) is 24.3 Å². The Kier molecular flexibility index (Phi) is 2.14. The number of aryl methyl sites for hydroxylation is 1. The Balaban J connectivity index is 2.44. The van der Waals surface area contributed by atoms with Crippen LogP contribution in [0.1, 0.15) is 6.92 Å². The molecule has 0 aliphatic heterocycles. The molecule has 2 aromatic rings. The van der Waals surface area contributed by atoms with Gasteiger partial charge >= 0.3 is 0 Å². The van der Waals surface area contributed by atoms with Gasteiger partial charge in [-0.15, -0.1) is 10.2 Å². The molecule has 72 valence electrons. The zero-order valence-corrected chi connectivity index (χ0v) is 7.88. The summed E-state index contributed by atoms with van der Waals surface area (Å²) in [6, 6.07) is 7.48. The molecular weight excluding hydrogens is 178 g/mol. The van der Waals surface area contributed by atoms with E-state index >= 15 is 0 Å². The van der Waals surface area contributed by atoms with Gasteiger partial charge in [-0.2, -0.15) is 4.80 Å². The second-order valence-electron chi connectivity index (χ2n) is 2.89. The number of hydrogen-bond acceptors (Lipinski definition) is 4. The zero-order chi connectivity index (χ0) is 9.97. The molecule has 0 unspecified atom stereocenters. The van der Waals surface area contributed by atoms with Crippen LogP contribution in [0, 0.1) is 0 Å². The van der Waals surface area contributed by atoms with Gasteiger partial charge in [0.05, 0.1) is 6.54 Å². The second kappa shape index (κ2) is 3.45. The van der Waals surface area contributed by atoms with Crippen molar-refractivity contribution in [1.82, 2.24) is 20.2 Å².